The molecule has 0 aromatic carbocycles. The SMILES string of the molecule is CC1OCCC1N(C)CCCCC(N)=S. The van der Waals surface area contributed by atoms with Gasteiger partial charge in [-0.3, -0.25) is 0 Å². The van der Waals surface area contributed by atoms with Crippen molar-refractivity contribution in [2.75, 3.05) is 20.2 Å². The molecule has 2 N–H and O–H groups in total. The van der Waals surface area contributed by atoms with Gasteiger partial charge in [0.2, 0.25) is 0 Å². The van der Waals surface area contributed by atoms with Gasteiger partial charge in [-0.2, -0.15) is 0 Å². The van der Waals surface area contributed by atoms with Crippen molar-refractivity contribution < 1.29 is 4.74 Å². The van der Waals surface area contributed by atoms with Crippen molar-refractivity contribution in [2.45, 2.75) is 44.8 Å². The van der Waals surface area contributed by atoms with Crippen molar-refractivity contribution in [3.63, 3.8) is 0 Å². The molecule has 0 spiro atoms. The van der Waals surface area contributed by atoms with Gasteiger partial charge in [0.15, 0.2) is 0 Å². The van der Waals surface area contributed by atoms with E-state index in [1.807, 2.05) is 0 Å². The molecule has 0 aliphatic carbocycles. The molecule has 0 aromatic rings. The van der Waals surface area contributed by atoms with Crippen molar-refractivity contribution in [2.24, 2.45) is 5.73 Å². The standard InChI is InChI=1S/C11H22N2OS/c1-9-10(6-8-14-9)13(2)7-4-3-5-11(12)15/h9-10H,3-8H2,1-2H3,(H2,12,15). The first-order valence-corrected chi connectivity index (χ1v) is 6.12. The number of unbranched alkanes of at least 4 members (excludes halogenated alkanes) is 1. The lowest BCUT2D eigenvalue weighted by Crippen LogP contribution is -2.37. The van der Waals surface area contributed by atoms with E-state index in [9.17, 15) is 0 Å². The molecule has 1 fully saturated rings. The summed E-state index contributed by atoms with van der Waals surface area (Å²) in [4.78, 5) is 3.03. The van der Waals surface area contributed by atoms with Crippen LogP contribution in [0.5, 0.6) is 0 Å². The fraction of sp³-hybridized carbons (Fsp3) is 0.909. The second-order valence-corrected chi connectivity index (χ2v) is 4.86. The highest BCUT2D eigenvalue weighted by Gasteiger charge is 2.27. The van der Waals surface area contributed by atoms with Crippen LogP contribution in [-0.2, 0) is 4.74 Å². The molecule has 0 bridgehead atoms. The van der Waals surface area contributed by atoms with Crippen LogP contribution in [0, 0.1) is 0 Å². The molecule has 2 unspecified atom stereocenters. The topological polar surface area (TPSA) is 38.5 Å². The van der Waals surface area contributed by atoms with Gasteiger partial charge >= 0.3 is 0 Å². The van der Waals surface area contributed by atoms with Gasteiger partial charge in [0, 0.05) is 12.6 Å². The normalized spacial score (nSPS) is 26.1. The molecule has 0 radical (unpaired) electrons. The van der Waals surface area contributed by atoms with E-state index in [4.69, 9.17) is 22.7 Å². The van der Waals surface area contributed by atoms with E-state index in [1.165, 1.54) is 0 Å². The Labute approximate surface area is 98.0 Å². The van der Waals surface area contributed by atoms with Crippen LogP contribution in [-0.4, -0.2) is 42.2 Å². The number of nitrogens with two attached hydrogens (primary N) is 1. The molecule has 0 aromatic heterocycles. The molecule has 1 heterocycles. The predicted octanol–water partition coefficient (Wildman–Crippen LogP) is 1.55. The molecule has 1 rings (SSSR count). The van der Waals surface area contributed by atoms with Gasteiger partial charge in [-0.1, -0.05) is 12.2 Å². The van der Waals surface area contributed by atoms with Gasteiger partial charge in [0.1, 0.15) is 0 Å². The highest BCUT2D eigenvalue weighted by Crippen LogP contribution is 2.18. The zero-order valence-electron chi connectivity index (χ0n) is 9.74. The maximum atomic E-state index is 5.55. The first-order chi connectivity index (χ1) is 7.11. The summed E-state index contributed by atoms with van der Waals surface area (Å²) in [5, 5.41) is 0. The lowest BCUT2D eigenvalue weighted by atomic mass is 10.1. The summed E-state index contributed by atoms with van der Waals surface area (Å²) in [6.45, 7) is 4.17. The molecule has 4 heteroatoms. The summed E-state index contributed by atoms with van der Waals surface area (Å²) < 4.78 is 5.55. The number of nitrogens with zero attached hydrogens (tertiary/aromatic N) is 1. The third kappa shape index (κ3) is 4.45. The van der Waals surface area contributed by atoms with Crippen LogP contribution in [0.25, 0.3) is 0 Å². The van der Waals surface area contributed by atoms with E-state index in [2.05, 4.69) is 18.9 Å². The summed E-state index contributed by atoms with van der Waals surface area (Å²) in [7, 11) is 2.18. The Hall–Kier alpha value is -0.190. The summed E-state index contributed by atoms with van der Waals surface area (Å²) in [6, 6.07) is 0.592. The number of hydrogen-bond acceptors (Lipinski definition) is 3. The molecule has 1 aliphatic heterocycles. The van der Waals surface area contributed by atoms with E-state index in [0.717, 1.165) is 38.8 Å². The minimum Gasteiger partial charge on any atom is -0.393 e. The fourth-order valence-corrected chi connectivity index (χ4v) is 2.27. The van der Waals surface area contributed by atoms with Crippen LogP contribution < -0.4 is 5.73 Å². The largest absolute Gasteiger partial charge is 0.393 e. The first kappa shape index (κ1) is 12.9. The maximum absolute atomic E-state index is 5.55. The second-order valence-electron chi connectivity index (χ2n) is 4.34. The van der Waals surface area contributed by atoms with Gasteiger partial charge in [0.25, 0.3) is 0 Å². The lowest BCUT2D eigenvalue weighted by molar-refractivity contribution is 0.0832. The smallest absolute Gasteiger partial charge is 0.0727 e. The first-order valence-electron chi connectivity index (χ1n) is 5.71. The van der Waals surface area contributed by atoms with E-state index in [-0.39, 0.29) is 0 Å². The number of ether oxygens (including phenoxy) is 1. The van der Waals surface area contributed by atoms with Crippen LogP contribution in [0.15, 0.2) is 0 Å². The molecule has 1 aliphatic rings. The monoisotopic (exact) mass is 230 g/mol. The Bertz CT molecular complexity index is 211. The van der Waals surface area contributed by atoms with Crippen LogP contribution in [0.1, 0.15) is 32.6 Å². The molecule has 1 saturated heterocycles. The van der Waals surface area contributed by atoms with Crippen LogP contribution >= 0.6 is 12.2 Å². The van der Waals surface area contributed by atoms with Gasteiger partial charge < -0.3 is 15.4 Å². The number of thiocarbonyl (C=S) groups is 1. The van der Waals surface area contributed by atoms with Crippen LogP contribution in [0.3, 0.4) is 0 Å². The Morgan fingerprint density at radius 2 is 2.27 bits per heavy atom. The van der Waals surface area contributed by atoms with Gasteiger partial charge in [0.05, 0.1) is 11.1 Å². The third-order valence-corrected chi connectivity index (χ3v) is 3.29. The zero-order chi connectivity index (χ0) is 11.3. The number of likely N-dealkylation sites (N-methyl/N-ethyl adjacent to an activating group) is 1. The van der Waals surface area contributed by atoms with E-state index < -0.39 is 0 Å². The Morgan fingerprint density at radius 3 is 2.80 bits per heavy atom. The van der Waals surface area contributed by atoms with Crippen molar-refractivity contribution >= 4 is 17.2 Å². The second kappa shape index (κ2) is 6.40. The van der Waals surface area contributed by atoms with Gasteiger partial charge in [-0.05, 0) is 46.2 Å². The summed E-state index contributed by atoms with van der Waals surface area (Å²) in [5.74, 6) is 0. The van der Waals surface area contributed by atoms with E-state index >= 15 is 0 Å². The molecular formula is C11H22N2OS. The molecule has 3 nitrogen and oxygen atoms in total. The van der Waals surface area contributed by atoms with Gasteiger partial charge in [-0.25, -0.2) is 0 Å². The minimum atomic E-state index is 0.380. The zero-order valence-corrected chi connectivity index (χ0v) is 10.6. The van der Waals surface area contributed by atoms with Crippen molar-refractivity contribution in [1.29, 1.82) is 0 Å². The van der Waals surface area contributed by atoms with Crippen LogP contribution in [0.4, 0.5) is 0 Å². The number of rotatable bonds is 6. The van der Waals surface area contributed by atoms with Crippen molar-refractivity contribution in [3.8, 4) is 0 Å². The summed E-state index contributed by atoms with van der Waals surface area (Å²) >= 11 is 4.84. The maximum Gasteiger partial charge on any atom is 0.0727 e. The van der Waals surface area contributed by atoms with Crippen LogP contribution in [0.2, 0.25) is 0 Å². The summed E-state index contributed by atoms with van der Waals surface area (Å²) in [5.41, 5.74) is 5.45. The predicted molar refractivity (Wildman–Crippen MR) is 67.1 cm³/mol. The van der Waals surface area contributed by atoms with E-state index in [1.54, 1.807) is 0 Å². The molecule has 0 saturated carbocycles. The minimum absolute atomic E-state index is 0.380. The molecule has 15 heavy (non-hydrogen) atoms. The molecule has 0 amide bonds. The number of hydrogen-bond donors (Lipinski definition) is 1. The molecular weight excluding hydrogens is 208 g/mol. The highest BCUT2D eigenvalue weighted by molar-refractivity contribution is 7.80. The van der Waals surface area contributed by atoms with Gasteiger partial charge in [-0.15, -0.1) is 0 Å². The van der Waals surface area contributed by atoms with Crippen molar-refractivity contribution in [1.82, 2.24) is 4.90 Å². The molecule has 2 atom stereocenters. The van der Waals surface area contributed by atoms with Crippen molar-refractivity contribution in [3.05, 3.63) is 0 Å². The van der Waals surface area contributed by atoms with E-state index in [0.29, 0.717) is 17.1 Å². The molecule has 88 valence electrons. The Balaban J connectivity index is 2.12. The lowest BCUT2D eigenvalue weighted by Gasteiger charge is -2.26. The highest BCUT2D eigenvalue weighted by atomic mass is 32.1. The Morgan fingerprint density at radius 1 is 1.53 bits per heavy atom. The fourth-order valence-electron chi connectivity index (χ4n) is 2.13. The quantitative estimate of drug-likeness (QED) is 0.555. The average molecular weight is 230 g/mol. The summed E-state index contributed by atoms with van der Waals surface area (Å²) in [6.07, 6.45) is 4.68. The average Bonchev–Trinajstić information content (AvgIpc) is 2.58. The Kier molecular flexibility index (Phi) is 5.50. The third-order valence-electron chi connectivity index (χ3n) is 3.09.